The van der Waals surface area contributed by atoms with E-state index in [4.69, 9.17) is 27.9 Å². The van der Waals surface area contributed by atoms with Crippen LogP contribution in [0.3, 0.4) is 0 Å². The van der Waals surface area contributed by atoms with Crippen LogP contribution in [-0.4, -0.2) is 17.0 Å². The lowest BCUT2D eigenvalue weighted by atomic mass is 10.1. The maximum Gasteiger partial charge on any atom is 0.352 e. The number of hydrogen-bond donors (Lipinski definition) is 2. The molecule has 0 bridgehead atoms. The summed E-state index contributed by atoms with van der Waals surface area (Å²) in [5, 5.41) is 12.3. The van der Waals surface area contributed by atoms with Crippen molar-refractivity contribution in [1.82, 2.24) is 5.32 Å². The van der Waals surface area contributed by atoms with Crippen LogP contribution in [0, 0.1) is 0 Å². The fraction of sp³-hybridized carbons (Fsp3) is 0. The number of halogens is 3. The molecule has 0 aromatic heterocycles. The summed E-state index contributed by atoms with van der Waals surface area (Å²) in [7, 11) is 0. The zero-order valence-corrected chi connectivity index (χ0v) is 18.3. The zero-order chi connectivity index (χ0) is 21.7. The van der Waals surface area contributed by atoms with E-state index in [-0.39, 0.29) is 16.3 Å². The third kappa shape index (κ3) is 5.63. The molecule has 0 atom stereocenters. The van der Waals surface area contributed by atoms with E-state index in [9.17, 15) is 14.7 Å². The third-order valence-corrected chi connectivity index (χ3v) is 5.31. The standard InChI is InChI=1S/C22H14BrCl2NO4/c23-16-3-1-2-4-20(16)30-15-8-5-13(6-9-15)11-19(22(28)29)26-21(27)14-7-10-17(24)18(25)12-14/h1-12H,(H,26,27)(H,28,29). The van der Waals surface area contributed by atoms with E-state index in [1.165, 1.54) is 24.3 Å². The smallest absolute Gasteiger partial charge is 0.352 e. The summed E-state index contributed by atoms with van der Waals surface area (Å²) >= 11 is 15.2. The van der Waals surface area contributed by atoms with E-state index < -0.39 is 11.9 Å². The number of amides is 1. The van der Waals surface area contributed by atoms with Crippen LogP contribution >= 0.6 is 39.1 Å². The van der Waals surface area contributed by atoms with Crippen LogP contribution in [0.15, 0.2) is 76.9 Å². The Balaban J connectivity index is 1.76. The third-order valence-electron chi connectivity index (χ3n) is 3.92. The van der Waals surface area contributed by atoms with Crippen LogP contribution in [0.5, 0.6) is 11.5 Å². The van der Waals surface area contributed by atoms with Gasteiger partial charge in [0.15, 0.2) is 0 Å². The van der Waals surface area contributed by atoms with Crippen molar-refractivity contribution in [1.29, 1.82) is 0 Å². The number of para-hydroxylation sites is 1. The Bertz CT molecular complexity index is 1130. The summed E-state index contributed by atoms with van der Waals surface area (Å²) in [4.78, 5) is 23.9. The van der Waals surface area contributed by atoms with Crippen molar-refractivity contribution in [3.05, 3.63) is 98.1 Å². The highest BCUT2D eigenvalue weighted by molar-refractivity contribution is 9.10. The quantitative estimate of drug-likeness (QED) is 0.379. The lowest BCUT2D eigenvalue weighted by Crippen LogP contribution is -2.27. The van der Waals surface area contributed by atoms with Gasteiger partial charge in [-0.1, -0.05) is 47.5 Å². The van der Waals surface area contributed by atoms with Gasteiger partial charge >= 0.3 is 5.97 Å². The monoisotopic (exact) mass is 505 g/mol. The first-order valence-corrected chi connectivity index (χ1v) is 10.1. The number of carbonyl (C=O) groups is 2. The van der Waals surface area contributed by atoms with E-state index in [2.05, 4.69) is 21.2 Å². The van der Waals surface area contributed by atoms with Gasteiger partial charge in [-0.2, -0.15) is 0 Å². The van der Waals surface area contributed by atoms with Crippen LogP contribution < -0.4 is 10.1 Å². The van der Waals surface area contributed by atoms with Crippen molar-refractivity contribution >= 4 is 57.1 Å². The number of carboxylic acids is 1. The molecule has 3 aromatic carbocycles. The average Bonchev–Trinajstić information content (AvgIpc) is 2.72. The molecule has 0 heterocycles. The van der Waals surface area contributed by atoms with Crippen molar-refractivity contribution < 1.29 is 19.4 Å². The van der Waals surface area contributed by atoms with Crippen molar-refractivity contribution in [2.75, 3.05) is 0 Å². The summed E-state index contributed by atoms with van der Waals surface area (Å²) in [5.41, 5.74) is 0.473. The number of nitrogens with one attached hydrogen (secondary N) is 1. The predicted octanol–water partition coefficient (Wildman–Crippen LogP) is 6.40. The minimum Gasteiger partial charge on any atom is -0.477 e. The first kappa shape index (κ1) is 21.9. The van der Waals surface area contributed by atoms with Gasteiger partial charge in [0, 0.05) is 5.56 Å². The summed E-state index contributed by atoms with van der Waals surface area (Å²) in [6, 6.07) is 18.5. The van der Waals surface area contributed by atoms with Gasteiger partial charge < -0.3 is 15.2 Å². The highest BCUT2D eigenvalue weighted by Gasteiger charge is 2.14. The normalized spacial score (nSPS) is 11.1. The van der Waals surface area contributed by atoms with Gasteiger partial charge in [0.25, 0.3) is 5.91 Å². The molecule has 0 aliphatic carbocycles. The Kier molecular flexibility index (Phi) is 7.15. The molecule has 0 unspecified atom stereocenters. The van der Waals surface area contributed by atoms with Crippen LogP contribution in [0.1, 0.15) is 15.9 Å². The average molecular weight is 507 g/mol. The fourth-order valence-electron chi connectivity index (χ4n) is 2.44. The minimum absolute atomic E-state index is 0.189. The summed E-state index contributed by atoms with van der Waals surface area (Å²) < 4.78 is 6.60. The highest BCUT2D eigenvalue weighted by Crippen LogP contribution is 2.29. The van der Waals surface area contributed by atoms with Gasteiger partial charge in [-0.25, -0.2) is 4.79 Å². The van der Waals surface area contributed by atoms with Gasteiger partial charge in [-0.05, 0) is 70.0 Å². The molecule has 0 aliphatic heterocycles. The molecule has 8 heteroatoms. The first-order chi connectivity index (χ1) is 14.3. The van der Waals surface area contributed by atoms with Crippen LogP contribution in [0.25, 0.3) is 6.08 Å². The molecule has 0 spiro atoms. The first-order valence-electron chi connectivity index (χ1n) is 8.57. The Hall–Kier alpha value is -2.80. The predicted molar refractivity (Wildman–Crippen MR) is 120 cm³/mol. The number of ether oxygens (including phenoxy) is 1. The summed E-state index contributed by atoms with van der Waals surface area (Å²) in [6.07, 6.45) is 1.35. The summed E-state index contributed by atoms with van der Waals surface area (Å²) in [6.45, 7) is 0. The van der Waals surface area contributed by atoms with Crippen molar-refractivity contribution in [2.24, 2.45) is 0 Å². The van der Waals surface area contributed by atoms with Gasteiger partial charge in [-0.15, -0.1) is 0 Å². The molecule has 152 valence electrons. The molecule has 3 aromatic rings. The van der Waals surface area contributed by atoms with Crippen LogP contribution in [-0.2, 0) is 4.79 Å². The minimum atomic E-state index is -1.28. The number of carboxylic acid groups (broad SMARTS) is 1. The molecule has 30 heavy (non-hydrogen) atoms. The number of benzene rings is 3. The number of aliphatic carboxylic acids is 1. The Morgan fingerprint density at radius 3 is 2.30 bits per heavy atom. The second kappa shape index (κ2) is 9.80. The Morgan fingerprint density at radius 1 is 0.967 bits per heavy atom. The molecule has 1 amide bonds. The van der Waals surface area contributed by atoms with E-state index in [1.54, 1.807) is 24.3 Å². The molecular weight excluding hydrogens is 493 g/mol. The van der Waals surface area contributed by atoms with E-state index >= 15 is 0 Å². The van der Waals surface area contributed by atoms with Crippen molar-refractivity contribution in [3.63, 3.8) is 0 Å². The SMILES string of the molecule is O=C(O)C(=Cc1ccc(Oc2ccccc2Br)cc1)NC(=O)c1ccc(Cl)c(Cl)c1. The highest BCUT2D eigenvalue weighted by atomic mass is 79.9. The lowest BCUT2D eigenvalue weighted by Gasteiger charge is -2.09. The lowest BCUT2D eigenvalue weighted by molar-refractivity contribution is -0.132. The van der Waals surface area contributed by atoms with Gasteiger partial charge in [0.05, 0.1) is 14.5 Å². The maximum absolute atomic E-state index is 12.4. The van der Waals surface area contributed by atoms with E-state index in [0.717, 1.165) is 4.47 Å². The molecule has 5 nitrogen and oxygen atoms in total. The molecular formula is C22H14BrCl2NO4. The molecule has 3 rings (SSSR count). The van der Waals surface area contributed by atoms with E-state index in [1.807, 2.05) is 24.3 Å². The van der Waals surface area contributed by atoms with E-state index in [0.29, 0.717) is 22.1 Å². The number of rotatable bonds is 6. The van der Waals surface area contributed by atoms with Crippen LogP contribution in [0.2, 0.25) is 10.0 Å². The molecule has 2 N–H and O–H groups in total. The molecule has 0 fully saturated rings. The number of hydrogen-bond acceptors (Lipinski definition) is 3. The summed E-state index contributed by atoms with van der Waals surface area (Å²) in [5.74, 6) is -0.662. The number of carbonyl (C=O) groups excluding carboxylic acids is 1. The zero-order valence-electron chi connectivity index (χ0n) is 15.2. The fourth-order valence-corrected chi connectivity index (χ4v) is 3.10. The van der Waals surface area contributed by atoms with Gasteiger partial charge in [-0.3, -0.25) is 4.79 Å². The Morgan fingerprint density at radius 2 is 1.67 bits per heavy atom. The molecule has 0 radical (unpaired) electrons. The van der Waals surface area contributed by atoms with Crippen molar-refractivity contribution in [3.8, 4) is 11.5 Å². The molecule has 0 saturated heterocycles. The second-order valence-corrected chi connectivity index (χ2v) is 7.72. The Labute approximate surface area is 191 Å². The van der Waals surface area contributed by atoms with Gasteiger partial charge in [0.2, 0.25) is 0 Å². The van der Waals surface area contributed by atoms with Gasteiger partial charge in [0.1, 0.15) is 17.2 Å². The second-order valence-electron chi connectivity index (χ2n) is 6.05. The topological polar surface area (TPSA) is 75.6 Å². The molecule has 0 aliphatic rings. The van der Waals surface area contributed by atoms with Crippen LogP contribution in [0.4, 0.5) is 0 Å². The molecule has 0 saturated carbocycles. The largest absolute Gasteiger partial charge is 0.477 e. The van der Waals surface area contributed by atoms with Crippen molar-refractivity contribution in [2.45, 2.75) is 0 Å². The maximum atomic E-state index is 12.4.